The van der Waals surface area contributed by atoms with Gasteiger partial charge in [-0.1, -0.05) is 31.0 Å². The van der Waals surface area contributed by atoms with Gasteiger partial charge in [0.05, 0.1) is 23.4 Å². The predicted octanol–water partition coefficient (Wildman–Crippen LogP) is 3.63. The van der Waals surface area contributed by atoms with E-state index in [2.05, 4.69) is 0 Å². The Labute approximate surface area is 192 Å². The zero-order chi connectivity index (χ0) is 23.1. The molecule has 170 valence electrons. The molecule has 0 N–H and O–H groups in total. The summed E-state index contributed by atoms with van der Waals surface area (Å²) in [5.41, 5.74) is 2.28. The molecular weight excluding hydrogens is 420 g/mol. The molecule has 1 saturated carbocycles. The molecule has 7 nitrogen and oxygen atoms in total. The van der Waals surface area contributed by atoms with Gasteiger partial charge in [0.15, 0.2) is 0 Å². The quantitative estimate of drug-likeness (QED) is 0.407. The number of aryl methyl sites for hydroxylation is 1. The van der Waals surface area contributed by atoms with Crippen molar-refractivity contribution in [2.45, 2.75) is 39.0 Å². The number of para-hydroxylation sites is 1. The predicted molar refractivity (Wildman–Crippen MR) is 122 cm³/mol. The second-order valence-corrected chi connectivity index (χ2v) is 9.12. The number of imide groups is 1. The summed E-state index contributed by atoms with van der Waals surface area (Å²) in [5.74, 6) is -1.48. The number of carbonyl (C=O) groups is 4. The highest BCUT2D eigenvalue weighted by Gasteiger charge is 2.48. The molecule has 3 aliphatic rings. The maximum absolute atomic E-state index is 12.8. The summed E-state index contributed by atoms with van der Waals surface area (Å²) in [4.78, 5) is 53.7. The van der Waals surface area contributed by atoms with Crippen molar-refractivity contribution >= 4 is 35.1 Å². The average Bonchev–Trinajstić information content (AvgIpc) is 3.33. The molecule has 3 amide bonds. The topological polar surface area (TPSA) is 84.0 Å². The number of anilines is 2. The van der Waals surface area contributed by atoms with Crippen molar-refractivity contribution in [3.63, 3.8) is 0 Å². The van der Waals surface area contributed by atoms with Gasteiger partial charge in [0.2, 0.25) is 17.7 Å². The van der Waals surface area contributed by atoms with Crippen LogP contribution in [0.3, 0.4) is 0 Å². The number of hydrogen-bond donors (Lipinski definition) is 0. The van der Waals surface area contributed by atoms with Gasteiger partial charge in [0.1, 0.15) is 5.75 Å². The van der Waals surface area contributed by atoms with E-state index < -0.39 is 11.9 Å². The number of amides is 3. The first-order chi connectivity index (χ1) is 15.9. The second-order valence-electron chi connectivity index (χ2n) is 9.12. The lowest BCUT2D eigenvalue weighted by Gasteiger charge is -2.19. The Bertz CT molecular complexity index is 1100. The third-order valence-corrected chi connectivity index (χ3v) is 7.02. The van der Waals surface area contributed by atoms with Crippen molar-refractivity contribution < 1.29 is 23.9 Å². The Morgan fingerprint density at radius 1 is 0.909 bits per heavy atom. The number of fused-ring (bicyclic) bond motifs is 1. The number of benzene rings is 2. The smallest absolute Gasteiger partial charge is 0.316 e. The fraction of sp³-hybridized carbons (Fsp3) is 0.385. The van der Waals surface area contributed by atoms with E-state index in [4.69, 9.17) is 4.74 Å². The minimum Gasteiger partial charge on any atom is -0.426 e. The third-order valence-electron chi connectivity index (χ3n) is 7.02. The first-order valence-corrected chi connectivity index (χ1v) is 11.5. The lowest BCUT2D eigenvalue weighted by atomic mass is 9.81. The second kappa shape index (κ2) is 8.46. The highest BCUT2D eigenvalue weighted by Crippen LogP contribution is 2.40. The first-order valence-electron chi connectivity index (χ1n) is 11.5. The number of nitrogens with zero attached hydrogens (tertiary/aromatic N) is 2. The van der Waals surface area contributed by atoms with Crippen LogP contribution in [0.15, 0.2) is 48.5 Å². The van der Waals surface area contributed by atoms with Gasteiger partial charge in [0, 0.05) is 18.7 Å². The molecule has 0 bridgehead atoms. The largest absolute Gasteiger partial charge is 0.426 e. The number of esters is 1. The van der Waals surface area contributed by atoms with E-state index in [-0.39, 0.29) is 42.5 Å². The van der Waals surface area contributed by atoms with Crippen molar-refractivity contribution in [2.24, 2.45) is 17.8 Å². The number of rotatable bonds is 4. The van der Waals surface area contributed by atoms with Gasteiger partial charge in [-0.25, -0.2) is 0 Å². The molecule has 3 fully saturated rings. The van der Waals surface area contributed by atoms with Crippen LogP contribution in [0, 0.1) is 24.7 Å². The SMILES string of the molecule is Cc1ccccc1N1C[C@H](C(=O)Oc2ccc(N3C(=O)[C@H]4CCCC[C@H]4C3=O)cc2)CC1=O. The maximum atomic E-state index is 12.8. The summed E-state index contributed by atoms with van der Waals surface area (Å²) in [7, 11) is 0. The summed E-state index contributed by atoms with van der Waals surface area (Å²) < 4.78 is 5.52. The molecule has 5 rings (SSSR count). The molecule has 0 aromatic heterocycles. The van der Waals surface area contributed by atoms with Crippen molar-refractivity contribution in [1.29, 1.82) is 0 Å². The summed E-state index contributed by atoms with van der Waals surface area (Å²) in [6, 6.07) is 14.0. The van der Waals surface area contributed by atoms with Gasteiger partial charge < -0.3 is 9.64 Å². The van der Waals surface area contributed by atoms with E-state index in [1.54, 1.807) is 29.2 Å². The van der Waals surface area contributed by atoms with Crippen molar-refractivity contribution in [2.75, 3.05) is 16.3 Å². The Morgan fingerprint density at radius 3 is 2.18 bits per heavy atom. The average molecular weight is 447 g/mol. The zero-order valence-electron chi connectivity index (χ0n) is 18.5. The number of carbonyl (C=O) groups excluding carboxylic acids is 4. The zero-order valence-corrected chi connectivity index (χ0v) is 18.5. The Hall–Kier alpha value is -3.48. The maximum Gasteiger partial charge on any atom is 0.316 e. The molecule has 2 aliphatic heterocycles. The minimum atomic E-state index is -0.554. The van der Waals surface area contributed by atoms with Crippen LogP contribution in [0.5, 0.6) is 5.75 Å². The van der Waals surface area contributed by atoms with E-state index in [0.29, 0.717) is 11.4 Å². The van der Waals surface area contributed by atoms with E-state index in [9.17, 15) is 19.2 Å². The standard InChI is InChI=1S/C26H26N2O5/c1-16-6-2-5-9-22(16)27-15-17(14-23(27)29)26(32)33-19-12-10-18(11-13-19)28-24(30)20-7-3-4-8-21(20)25(28)31/h2,5-6,9-13,17,20-21H,3-4,7-8,14-15H2,1H3/t17-,20-,21+/m1/s1. The van der Waals surface area contributed by atoms with E-state index in [0.717, 1.165) is 36.9 Å². The molecule has 2 aromatic carbocycles. The molecule has 7 heteroatoms. The number of hydrogen-bond acceptors (Lipinski definition) is 5. The van der Waals surface area contributed by atoms with Crippen LogP contribution >= 0.6 is 0 Å². The Morgan fingerprint density at radius 2 is 1.55 bits per heavy atom. The summed E-state index contributed by atoms with van der Waals surface area (Å²) in [6.45, 7) is 2.21. The van der Waals surface area contributed by atoms with E-state index in [1.807, 2.05) is 31.2 Å². The summed E-state index contributed by atoms with van der Waals surface area (Å²) in [6.07, 6.45) is 3.59. The molecule has 33 heavy (non-hydrogen) atoms. The fourth-order valence-electron chi connectivity index (χ4n) is 5.24. The molecule has 2 saturated heterocycles. The molecule has 0 unspecified atom stereocenters. The molecule has 0 radical (unpaired) electrons. The molecule has 1 aliphatic carbocycles. The summed E-state index contributed by atoms with van der Waals surface area (Å²) >= 11 is 0. The van der Waals surface area contributed by atoms with Gasteiger partial charge in [-0.2, -0.15) is 0 Å². The lowest BCUT2D eigenvalue weighted by molar-refractivity contribution is -0.139. The van der Waals surface area contributed by atoms with Crippen molar-refractivity contribution in [3.8, 4) is 5.75 Å². The normalized spacial score (nSPS) is 24.9. The lowest BCUT2D eigenvalue weighted by Crippen LogP contribution is -2.30. The molecule has 0 spiro atoms. The Kier molecular flexibility index (Phi) is 5.48. The molecule has 2 aromatic rings. The van der Waals surface area contributed by atoms with E-state index >= 15 is 0 Å². The van der Waals surface area contributed by atoms with Gasteiger partial charge in [-0.05, 0) is 55.7 Å². The highest BCUT2D eigenvalue weighted by atomic mass is 16.5. The van der Waals surface area contributed by atoms with Crippen molar-refractivity contribution in [1.82, 2.24) is 0 Å². The van der Waals surface area contributed by atoms with E-state index in [1.165, 1.54) is 4.90 Å². The highest BCUT2D eigenvalue weighted by molar-refractivity contribution is 6.22. The third kappa shape index (κ3) is 3.81. The summed E-state index contributed by atoms with van der Waals surface area (Å²) in [5, 5.41) is 0. The number of ether oxygens (including phenoxy) is 1. The van der Waals surface area contributed by atoms with Gasteiger partial charge in [0.25, 0.3) is 0 Å². The van der Waals surface area contributed by atoms with Crippen LogP contribution < -0.4 is 14.5 Å². The Balaban J connectivity index is 1.25. The minimum absolute atomic E-state index is 0.102. The fourth-order valence-corrected chi connectivity index (χ4v) is 5.24. The van der Waals surface area contributed by atoms with Gasteiger partial charge in [-0.15, -0.1) is 0 Å². The first kappa shape index (κ1) is 21.4. The van der Waals surface area contributed by atoms with Gasteiger partial charge in [-0.3, -0.25) is 24.1 Å². The van der Waals surface area contributed by atoms with Crippen LogP contribution in [0.1, 0.15) is 37.7 Å². The van der Waals surface area contributed by atoms with Crippen molar-refractivity contribution in [3.05, 3.63) is 54.1 Å². The van der Waals surface area contributed by atoms with Crippen LogP contribution in [0.25, 0.3) is 0 Å². The van der Waals surface area contributed by atoms with Crippen LogP contribution in [0.2, 0.25) is 0 Å². The van der Waals surface area contributed by atoms with Crippen LogP contribution in [0.4, 0.5) is 11.4 Å². The van der Waals surface area contributed by atoms with Gasteiger partial charge >= 0.3 is 5.97 Å². The van der Waals surface area contributed by atoms with Crippen LogP contribution in [-0.2, 0) is 19.2 Å². The monoisotopic (exact) mass is 446 g/mol. The van der Waals surface area contributed by atoms with Crippen LogP contribution in [-0.4, -0.2) is 30.2 Å². The molecule has 3 atom stereocenters. The molecular formula is C26H26N2O5. The molecule has 2 heterocycles.